The fraction of sp³-hybridized carbons (Fsp3) is 1.00. The van der Waals surface area contributed by atoms with E-state index in [0.29, 0.717) is 17.6 Å². The number of nitrogens with one attached hydrogen (secondary N) is 1. The van der Waals surface area contributed by atoms with Gasteiger partial charge in [-0.25, -0.2) is 0 Å². The summed E-state index contributed by atoms with van der Waals surface area (Å²) in [6.07, 6.45) is 3.89. The van der Waals surface area contributed by atoms with Crippen LogP contribution < -0.4 is 5.32 Å². The first-order chi connectivity index (χ1) is 9.17. The molecule has 19 heavy (non-hydrogen) atoms. The summed E-state index contributed by atoms with van der Waals surface area (Å²) in [6, 6.07) is 0.585. The molecular formula is C15H30N2O2. The molecule has 4 nitrogen and oxygen atoms in total. The van der Waals surface area contributed by atoms with E-state index in [1.807, 2.05) is 0 Å². The quantitative estimate of drug-likeness (QED) is 0.793. The number of hydrogen-bond acceptors (Lipinski definition) is 4. The Kier molecular flexibility index (Phi) is 5.63. The molecule has 2 aliphatic heterocycles. The molecule has 0 aliphatic carbocycles. The second-order valence-electron chi connectivity index (χ2n) is 6.24. The summed E-state index contributed by atoms with van der Waals surface area (Å²) in [5.74, 6) is 0. The van der Waals surface area contributed by atoms with Crippen molar-refractivity contribution in [1.29, 1.82) is 0 Å². The normalized spacial score (nSPS) is 30.9. The maximum Gasteiger partial charge on any atom is 0.0702 e. The van der Waals surface area contributed by atoms with E-state index < -0.39 is 0 Å². The second-order valence-corrected chi connectivity index (χ2v) is 6.24. The molecule has 2 saturated heterocycles. The lowest BCUT2D eigenvalue weighted by Crippen LogP contribution is -2.50. The minimum absolute atomic E-state index is 0.376. The average Bonchev–Trinajstić information content (AvgIpc) is 2.84. The maximum absolute atomic E-state index is 5.71. The van der Waals surface area contributed by atoms with E-state index in [4.69, 9.17) is 9.47 Å². The molecule has 0 aromatic rings. The van der Waals surface area contributed by atoms with Gasteiger partial charge in [-0.1, -0.05) is 6.92 Å². The summed E-state index contributed by atoms with van der Waals surface area (Å²) in [5, 5.41) is 3.55. The van der Waals surface area contributed by atoms with E-state index in [0.717, 1.165) is 39.5 Å². The minimum atomic E-state index is 0.376. The molecule has 0 aromatic heterocycles. The van der Waals surface area contributed by atoms with Gasteiger partial charge in [0.15, 0.2) is 0 Å². The number of likely N-dealkylation sites (N-methyl/N-ethyl adjacent to an activating group) is 1. The molecule has 2 unspecified atom stereocenters. The van der Waals surface area contributed by atoms with Gasteiger partial charge in [-0.05, 0) is 45.2 Å². The first-order valence-electron chi connectivity index (χ1n) is 7.77. The van der Waals surface area contributed by atoms with Crippen LogP contribution in [0.4, 0.5) is 0 Å². The molecule has 2 heterocycles. The van der Waals surface area contributed by atoms with Crippen LogP contribution in [0.25, 0.3) is 0 Å². The molecule has 2 rings (SSSR count). The topological polar surface area (TPSA) is 33.7 Å². The van der Waals surface area contributed by atoms with E-state index >= 15 is 0 Å². The molecule has 0 spiro atoms. The van der Waals surface area contributed by atoms with Crippen molar-refractivity contribution in [3.63, 3.8) is 0 Å². The SMILES string of the molecule is CCNCC1(CN(C)C2CCOC2C)CCOCC1. The predicted octanol–water partition coefficient (Wildman–Crippen LogP) is 1.50. The zero-order valence-electron chi connectivity index (χ0n) is 12.8. The number of ether oxygens (including phenoxy) is 2. The van der Waals surface area contributed by atoms with E-state index in [2.05, 4.69) is 31.1 Å². The lowest BCUT2D eigenvalue weighted by Gasteiger charge is -2.42. The fourth-order valence-electron chi connectivity index (χ4n) is 3.53. The Balaban J connectivity index is 1.94. The Labute approximate surface area is 117 Å². The van der Waals surface area contributed by atoms with Gasteiger partial charge >= 0.3 is 0 Å². The van der Waals surface area contributed by atoms with Gasteiger partial charge in [0.05, 0.1) is 6.10 Å². The number of nitrogens with zero attached hydrogens (tertiary/aromatic N) is 1. The van der Waals surface area contributed by atoms with Gasteiger partial charge < -0.3 is 19.7 Å². The molecule has 0 aromatic carbocycles. The van der Waals surface area contributed by atoms with Crippen molar-refractivity contribution >= 4 is 0 Å². The monoisotopic (exact) mass is 270 g/mol. The lowest BCUT2D eigenvalue weighted by molar-refractivity contribution is -0.0124. The average molecular weight is 270 g/mol. The van der Waals surface area contributed by atoms with E-state index in [1.54, 1.807) is 0 Å². The molecule has 4 heteroatoms. The van der Waals surface area contributed by atoms with Crippen LogP contribution in [0.2, 0.25) is 0 Å². The molecule has 0 bridgehead atoms. The molecule has 2 fully saturated rings. The van der Waals surface area contributed by atoms with Gasteiger partial charge in [0.2, 0.25) is 0 Å². The molecule has 2 aliphatic rings. The Morgan fingerprint density at radius 3 is 2.58 bits per heavy atom. The molecule has 0 saturated carbocycles. The Morgan fingerprint density at radius 2 is 2.00 bits per heavy atom. The van der Waals surface area contributed by atoms with Crippen molar-refractivity contribution in [3.8, 4) is 0 Å². The third kappa shape index (κ3) is 3.91. The van der Waals surface area contributed by atoms with Gasteiger partial charge in [-0.2, -0.15) is 0 Å². The summed E-state index contributed by atoms with van der Waals surface area (Å²) in [5.41, 5.74) is 0.380. The molecule has 0 amide bonds. The third-order valence-electron chi connectivity index (χ3n) is 4.79. The van der Waals surface area contributed by atoms with Crippen molar-refractivity contribution in [2.75, 3.05) is 46.5 Å². The standard InChI is InChI=1S/C15H30N2O2/c1-4-16-11-15(6-9-18-10-7-15)12-17(3)14-5-8-19-13(14)2/h13-14,16H,4-12H2,1-3H3. The molecule has 1 N–H and O–H groups in total. The third-order valence-corrected chi connectivity index (χ3v) is 4.79. The molecule has 2 atom stereocenters. The number of hydrogen-bond donors (Lipinski definition) is 1. The number of rotatable bonds is 6. The van der Waals surface area contributed by atoms with Crippen molar-refractivity contribution in [1.82, 2.24) is 10.2 Å². The second kappa shape index (κ2) is 7.02. The van der Waals surface area contributed by atoms with Gasteiger partial charge in [0.1, 0.15) is 0 Å². The highest BCUT2D eigenvalue weighted by Gasteiger charge is 2.37. The Morgan fingerprint density at radius 1 is 1.26 bits per heavy atom. The largest absolute Gasteiger partial charge is 0.381 e. The zero-order chi connectivity index (χ0) is 13.7. The highest BCUT2D eigenvalue weighted by molar-refractivity contribution is 4.90. The van der Waals surface area contributed by atoms with Gasteiger partial charge in [-0.15, -0.1) is 0 Å². The summed E-state index contributed by atoms with van der Waals surface area (Å²) < 4.78 is 11.3. The summed E-state index contributed by atoms with van der Waals surface area (Å²) >= 11 is 0. The van der Waals surface area contributed by atoms with Gasteiger partial charge in [0.25, 0.3) is 0 Å². The predicted molar refractivity (Wildman–Crippen MR) is 77.5 cm³/mol. The summed E-state index contributed by atoms with van der Waals surface area (Å²) in [7, 11) is 2.26. The molecular weight excluding hydrogens is 240 g/mol. The van der Waals surface area contributed by atoms with Crippen molar-refractivity contribution < 1.29 is 9.47 Å². The summed E-state index contributed by atoms with van der Waals surface area (Å²) in [6.45, 7) is 10.4. The molecule has 0 radical (unpaired) electrons. The summed E-state index contributed by atoms with van der Waals surface area (Å²) in [4.78, 5) is 2.53. The van der Waals surface area contributed by atoms with Crippen molar-refractivity contribution in [2.45, 2.75) is 45.3 Å². The maximum atomic E-state index is 5.71. The first kappa shape index (κ1) is 15.2. The van der Waals surface area contributed by atoms with Crippen LogP contribution in [0.3, 0.4) is 0 Å². The smallest absolute Gasteiger partial charge is 0.0702 e. The van der Waals surface area contributed by atoms with Crippen LogP contribution in [0.5, 0.6) is 0 Å². The van der Waals surface area contributed by atoms with E-state index in [-0.39, 0.29) is 0 Å². The van der Waals surface area contributed by atoms with Gasteiger partial charge in [0, 0.05) is 39.0 Å². The highest BCUT2D eigenvalue weighted by atomic mass is 16.5. The van der Waals surface area contributed by atoms with Crippen LogP contribution in [-0.2, 0) is 9.47 Å². The zero-order valence-corrected chi connectivity index (χ0v) is 12.8. The first-order valence-corrected chi connectivity index (χ1v) is 7.77. The Bertz CT molecular complexity index is 267. The van der Waals surface area contributed by atoms with Crippen LogP contribution in [-0.4, -0.2) is 63.5 Å². The molecule has 112 valence electrons. The van der Waals surface area contributed by atoms with Crippen LogP contribution in [0.1, 0.15) is 33.1 Å². The van der Waals surface area contributed by atoms with Gasteiger partial charge in [-0.3, -0.25) is 0 Å². The van der Waals surface area contributed by atoms with Crippen LogP contribution >= 0.6 is 0 Å². The fourth-order valence-corrected chi connectivity index (χ4v) is 3.53. The highest BCUT2D eigenvalue weighted by Crippen LogP contribution is 2.32. The van der Waals surface area contributed by atoms with Crippen LogP contribution in [0, 0.1) is 5.41 Å². The lowest BCUT2D eigenvalue weighted by atomic mass is 9.79. The Hall–Kier alpha value is -0.160. The van der Waals surface area contributed by atoms with Crippen molar-refractivity contribution in [2.24, 2.45) is 5.41 Å². The van der Waals surface area contributed by atoms with Crippen LogP contribution in [0.15, 0.2) is 0 Å². The van der Waals surface area contributed by atoms with Crippen molar-refractivity contribution in [3.05, 3.63) is 0 Å². The van der Waals surface area contributed by atoms with E-state index in [1.165, 1.54) is 19.3 Å². The van der Waals surface area contributed by atoms with E-state index in [9.17, 15) is 0 Å². The minimum Gasteiger partial charge on any atom is -0.381 e.